The highest BCUT2D eigenvalue weighted by Crippen LogP contribution is 2.17. The Labute approximate surface area is 209 Å². The van der Waals surface area contributed by atoms with Crippen molar-refractivity contribution in [2.75, 3.05) is 0 Å². The lowest BCUT2D eigenvalue weighted by atomic mass is 10.0. The fourth-order valence-electron chi connectivity index (χ4n) is 3.64. The number of amides is 2. The molecule has 4 aromatic rings. The maximum Gasteiger partial charge on any atom is 0.270 e. The topological polar surface area (TPSA) is 105 Å². The van der Waals surface area contributed by atoms with Crippen LogP contribution in [-0.2, 0) is 13.1 Å². The number of hydrogen-bond acceptors (Lipinski definition) is 5. The van der Waals surface area contributed by atoms with E-state index in [2.05, 4.69) is 20.7 Å². The highest BCUT2D eigenvalue weighted by molar-refractivity contribution is 6.30. The number of ketones is 1. The Morgan fingerprint density at radius 1 is 0.944 bits per heavy atom. The number of aryl methyl sites for hydroxylation is 1. The molecule has 0 saturated heterocycles. The first-order valence-electron chi connectivity index (χ1n) is 10.8. The second kappa shape index (κ2) is 10.2. The molecule has 2 aromatic carbocycles. The van der Waals surface area contributed by atoms with Gasteiger partial charge in [-0.15, -0.1) is 0 Å². The third kappa shape index (κ3) is 5.23. The van der Waals surface area contributed by atoms with Crippen LogP contribution in [0.1, 0.15) is 54.9 Å². The Bertz CT molecular complexity index is 1520. The molecule has 2 N–H and O–H groups in total. The molecule has 2 heterocycles. The molecule has 0 saturated carbocycles. The van der Waals surface area contributed by atoms with Gasteiger partial charge >= 0.3 is 0 Å². The van der Waals surface area contributed by atoms with E-state index >= 15 is 0 Å². The number of hydrogen-bond donors (Lipinski definition) is 2. The first-order valence-corrected chi connectivity index (χ1v) is 11.2. The van der Waals surface area contributed by atoms with E-state index < -0.39 is 23.4 Å². The number of Topliss-reactive ketones (excluding diaryl/α,β-unsaturated/α-hetero) is 1. The molecule has 0 aliphatic rings. The van der Waals surface area contributed by atoms with Crippen molar-refractivity contribution >= 4 is 34.8 Å². The minimum Gasteiger partial charge on any atom is -0.347 e. The smallest absolute Gasteiger partial charge is 0.270 e. The van der Waals surface area contributed by atoms with Gasteiger partial charge < -0.3 is 10.6 Å². The first kappa shape index (κ1) is 24.9. The summed E-state index contributed by atoms with van der Waals surface area (Å²) in [4.78, 5) is 41.3. The third-order valence-electron chi connectivity index (χ3n) is 5.45. The van der Waals surface area contributed by atoms with E-state index in [9.17, 15) is 23.2 Å². The maximum atomic E-state index is 14.3. The summed E-state index contributed by atoms with van der Waals surface area (Å²) in [7, 11) is 0. The van der Waals surface area contributed by atoms with Crippen molar-refractivity contribution in [2.24, 2.45) is 0 Å². The lowest BCUT2D eigenvalue weighted by Gasteiger charge is -2.11. The molecule has 0 aliphatic heterocycles. The summed E-state index contributed by atoms with van der Waals surface area (Å²) < 4.78 is 28.6. The minimum atomic E-state index is -0.806. The summed E-state index contributed by atoms with van der Waals surface area (Å²) in [5.74, 6) is -2.74. The second-order valence-electron chi connectivity index (χ2n) is 8.07. The van der Waals surface area contributed by atoms with Gasteiger partial charge in [0.05, 0.1) is 11.2 Å². The SMILES string of the molecule is CC(=O)c1ccc(CNC(=O)c2cc(C(=O)NCc3ccc(F)c(Cl)c3)nc3c(F)cnn23)cc1C. The van der Waals surface area contributed by atoms with Crippen LogP contribution >= 0.6 is 11.6 Å². The Hall–Kier alpha value is -4.18. The van der Waals surface area contributed by atoms with Crippen LogP contribution in [0.2, 0.25) is 5.02 Å². The number of aromatic nitrogens is 3. The molecule has 184 valence electrons. The quantitative estimate of drug-likeness (QED) is 0.364. The molecule has 2 aromatic heterocycles. The van der Waals surface area contributed by atoms with Gasteiger partial charge in [-0.2, -0.15) is 5.10 Å². The number of halogens is 3. The molecule has 8 nitrogen and oxygen atoms in total. The monoisotopic (exact) mass is 511 g/mol. The van der Waals surface area contributed by atoms with E-state index in [-0.39, 0.29) is 40.9 Å². The van der Waals surface area contributed by atoms with Crippen molar-refractivity contribution in [1.29, 1.82) is 0 Å². The summed E-state index contributed by atoms with van der Waals surface area (Å²) in [6.07, 6.45) is 0.894. The van der Waals surface area contributed by atoms with Gasteiger partial charge in [0.15, 0.2) is 17.2 Å². The van der Waals surface area contributed by atoms with Crippen LogP contribution in [0, 0.1) is 18.6 Å². The number of benzene rings is 2. The van der Waals surface area contributed by atoms with E-state index in [1.54, 1.807) is 25.1 Å². The van der Waals surface area contributed by atoms with E-state index in [4.69, 9.17) is 11.6 Å². The van der Waals surface area contributed by atoms with Crippen LogP contribution in [0.15, 0.2) is 48.7 Å². The maximum absolute atomic E-state index is 14.3. The van der Waals surface area contributed by atoms with Crippen LogP contribution < -0.4 is 10.6 Å². The van der Waals surface area contributed by atoms with E-state index in [0.29, 0.717) is 11.1 Å². The molecule has 2 amide bonds. The van der Waals surface area contributed by atoms with Crippen molar-refractivity contribution in [3.63, 3.8) is 0 Å². The Morgan fingerprint density at radius 3 is 2.28 bits per heavy atom. The first-order chi connectivity index (χ1) is 17.1. The molecule has 0 bridgehead atoms. The number of fused-ring (bicyclic) bond motifs is 1. The van der Waals surface area contributed by atoms with Gasteiger partial charge in [-0.3, -0.25) is 14.4 Å². The van der Waals surface area contributed by atoms with Crippen molar-refractivity contribution in [1.82, 2.24) is 25.2 Å². The highest BCUT2D eigenvalue weighted by Gasteiger charge is 2.20. The lowest BCUT2D eigenvalue weighted by molar-refractivity contribution is 0.0940. The van der Waals surface area contributed by atoms with Gasteiger partial charge in [-0.05, 0) is 42.7 Å². The van der Waals surface area contributed by atoms with Gasteiger partial charge in [0, 0.05) is 24.7 Å². The number of nitrogens with zero attached hydrogens (tertiary/aromatic N) is 3. The van der Waals surface area contributed by atoms with E-state index in [1.807, 2.05) is 0 Å². The molecule has 11 heteroatoms. The number of rotatable bonds is 7. The predicted octanol–water partition coefficient (Wildman–Crippen LogP) is 4.03. The average molecular weight is 512 g/mol. The van der Waals surface area contributed by atoms with Crippen LogP contribution in [0.5, 0.6) is 0 Å². The minimum absolute atomic E-state index is 0.00454. The van der Waals surface area contributed by atoms with E-state index in [1.165, 1.54) is 31.2 Å². The van der Waals surface area contributed by atoms with Crippen LogP contribution in [-0.4, -0.2) is 32.2 Å². The van der Waals surface area contributed by atoms with Crippen LogP contribution in [0.25, 0.3) is 5.65 Å². The number of carbonyl (C=O) groups is 3. The molecule has 4 rings (SSSR count). The van der Waals surface area contributed by atoms with Crippen molar-refractivity contribution < 1.29 is 23.2 Å². The van der Waals surface area contributed by atoms with Gasteiger partial charge in [-0.1, -0.05) is 35.9 Å². The molecule has 0 aliphatic carbocycles. The molecule has 0 fully saturated rings. The van der Waals surface area contributed by atoms with Crippen molar-refractivity contribution in [2.45, 2.75) is 26.9 Å². The Kier molecular flexibility index (Phi) is 7.07. The zero-order valence-electron chi connectivity index (χ0n) is 19.2. The molecular weight excluding hydrogens is 492 g/mol. The fourth-order valence-corrected chi connectivity index (χ4v) is 3.84. The largest absolute Gasteiger partial charge is 0.347 e. The third-order valence-corrected chi connectivity index (χ3v) is 5.74. The number of nitrogens with one attached hydrogen (secondary N) is 2. The summed E-state index contributed by atoms with van der Waals surface area (Å²) in [6, 6.07) is 10.4. The molecule has 0 atom stereocenters. The highest BCUT2D eigenvalue weighted by atomic mass is 35.5. The summed E-state index contributed by atoms with van der Waals surface area (Å²) in [5.41, 5.74) is 2.05. The van der Waals surface area contributed by atoms with Crippen LogP contribution in [0.3, 0.4) is 0 Å². The molecule has 0 unspecified atom stereocenters. The van der Waals surface area contributed by atoms with Gasteiger partial charge in [0.25, 0.3) is 11.8 Å². The fraction of sp³-hybridized carbons (Fsp3) is 0.160. The van der Waals surface area contributed by atoms with Gasteiger partial charge in [0.1, 0.15) is 17.2 Å². The normalized spacial score (nSPS) is 10.9. The van der Waals surface area contributed by atoms with Crippen molar-refractivity contribution in [3.8, 4) is 0 Å². The molecule has 0 radical (unpaired) electrons. The Balaban J connectivity index is 1.54. The predicted molar refractivity (Wildman–Crippen MR) is 128 cm³/mol. The van der Waals surface area contributed by atoms with Gasteiger partial charge in [0.2, 0.25) is 0 Å². The summed E-state index contributed by atoms with van der Waals surface area (Å²) in [6.45, 7) is 3.40. The lowest BCUT2D eigenvalue weighted by Crippen LogP contribution is -2.28. The number of carbonyl (C=O) groups excluding carboxylic acids is 3. The molecular formula is C25H20ClF2N5O3. The summed E-state index contributed by atoms with van der Waals surface area (Å²) in [5, 5.41) is 9.06. The molecule has 0 spiro atoms. The second-order valence-corrected chi connectivity index (χ2v) is 8.48. The van der Waals surface area contributed by atoms with Crippen molar-refractivity contribution in [3.05, 3.63) is 99.0 Å². The standard InChI is InChI=1S/C25H20ClF2N5O3/c1-13-7-15(3-5-17(13)14(2)34)10-30-25(36)22-9-21(32-23-20(28)12-31-33(22)23)24(35)29-11-16-4-6-19(27)18(26)8-16/h3-9,12H,10-11H2,1-2H3,(H,29,35)(H,30,36). The van der Waals surface area contributed by atoms with Gasteiger partial charge in [-0.25, -0.2) is 18.3 Å². The summed E-state index contributed by atoms with van der Waals surface area (Å²) >= 11 is 5.77. The Morgan fingerprint density at radius 2 is 1.61 bits per heavy atom. The van der Waals surface area contributed by atoms with Crippen LogP contribution in [0.4, 0.5) is 8.78 Å². The zero-order valence-corrected chi connectivity index (χ0v) is 20.0. The zero-order chi connectivity index (χ0) is 26.0. The molecule has 36 heavy (non-hydrogen) atoms. The van der Waals surface area contributed by atoms with E-state index in [0.717, 1.165) is 21.8 Å². The average Bonchev–Trinajstić information content (AvgIpc) is 3.22.